The second kappa shape index (κ2) is 8.99. The Kier molecular flexibility index (Phi) is 5.75. The molecule has 0 spiro atoms. The van der Waals surface area contributed by atoms with E-state index < -0.39 is 6.04 Å². The van der Waals surface area contributed by atoms with Crippen molar-refractivity contribution in [3.05, 3.63) is 72.3 Å². The van der Waals surface area contributed by atoms with Crippen LogP contribution in [0.25, 0.3) is 21.3 Å². The number of hydrogen-bond donors (Lipinski definition) is 1. The van der Waals surface area contributed by atoms with Crippen molar-refractivity contribution in [2.24, 2.45) is 0 Å². The summed E-state index contributed by atoms with van der Waals surface area (Å²) in [5.74, 6) is 0.352. The number of likely N-dealkylation sites (tertiary alicyclic amines) is 1. The van der Waals surface area contributed by atoms with Gasteiger partial charge in [-0.3, -0.25) is 14.9 Å². The highest BCUT2D eigenvalue weighted by molar-refractivity contribution is 7.18. The molecule has 166 valence electrons. The summed E-state index contributed by atoms with van der Waals surface area (Å²) in [6, 6.07) is 20.5. The lowest BCUT2D eigenvalue weighted by atomic mass is 10.1. The van der Waals surface area contributed by atoms with E-state index in [1.807, 2.05) is 66.7 Å². The van der Waals surface area contributed by atoms with E-state index in [1.165, 1.54) is 11.3 Å². The highest BCUT2D eigenvalue weighted by Gasteiger charge is 2.35. The molecular formula is C25H22N4O3S. The molecule has 1 saturated heterocycles. The predicted octanol–water partition coefficient (Wildman–Crippen LogP) is 4.61. The van der Waals surface area contributed by atoms with E-state index in [0.29, 0.717) is 28.7 Å². The van der Waals surface area contributed by atoms with Crippen molar-refractivity contribution in [2.75, 3.05) is 19.0 Å². The third-order valence-corrected chi connectivity index (χ3v) is 6.67. The van der Waals surface area contributed by atoms with Gasteiger partial charge in [-0.1, -0.05) is 53.8 Å². The first-order valence-electron chi connectivity index (χ1n) is 10.7. The van der Waals surface area contributed by atoms with Crippen LogP contribution in [0.15, 0.2) is 66.7 Å². The Morgan fingerprint density at radius 1 is 1.03 bits per heavy atom. The van der Waals surface area contributed by atoms with Crippen LogP contribution in [0.2, 0.25) is 0 Å². The predicted molar refractivity (Wildman–Crippen MR) is 129 cm³/mol. The molecular weight excluding hydrogens is 436 g/mol. The van der Waals surface area contributed by atoms with Crippen molar-refractivity contribution in [1.82, 2.24) is 15.1 Å². The molecule has 0 saturated carbocycles. The zero-order chi connectivity index (χ0) is 22.8. The fourth-order valence-corrected chi connectivity index (χ4v) is 4.85. The van der Waals surface area contributed by atoms with Crippen LogP contribution in [0, 0.1) is 0 Å². The Morgan fingerprint density at radius 2 is 1.88 bits per heavy atom. The highest BCUT2D eigenvalue weighted by atomic mass is 32.1. The van der Waals surface area contributed by atoms with Crippen LogP contribution < -0.4 is 10.1 Å². The van der Waals surface area contributed by atoms with Gasteiger partial charge in [0.15, 0.2) is 0 Å². The molecule has 0 bridgehead atoms. The minimum atomic E-state index is -0.534. The van der Waals surface area contributed by atoms with Crippen LogP contribution in [0.5, 0.6) is 5.75 Å². The van der Waals surface area contributed by atoms with Gasteiger partial charge in [0.2, 0.25) is 11.0 Å². The summed E-state index contributed by atoms with van der Waals surface area (Å²) < 4.78 is 5.26. The SMILES string of the molecule is COc1cccc(-c2nnc(NC(=O)C3CCCN3C(=O)c3ccc4ccccc4c3)s2)c1. The lowest BCUT2D eigenvalue weighted by molar-refractivity contribution is -0.119. The molecule has 33 heavy (non-hydrogen) atoms. The number of nitrogens with one attached hydrogen (secondary N) is 1. The maximum atomic E-state index is 13.2. The van der Waals surface area contributed by atoms with Crippen LogP contribution in [0.3, 0.4) is 0 Å². The monoisotopic (exact) mass is 458 g/mol. The van der Waals surface area contributed by atoms with Gasteiger partial charge in [-0.15, -0.1) is 10.2 Å². The molecule has 0 aliphatic carbocycles. The summed E-state index contributed by atoms with van der Waals surface area (Å²) in [6.07, 6.45) is 1.40. The molecule has 1 N–H and O–H groups in total. The van der Waals surface area contributed by atoms with E-state index in [-0.39, 0.29) is 11.8 Å². The van der Waals surface area contributed by atoms with Crippen molar-refractivity contribution >= 4 is 39.1 Å². The fraction of sp³-hybridized carbons (Fsp3) is 0.200. The van der Waals surface area contributed by atoms with Crippen molar-refractivity contribution < 1.29 is 14.3 Å². The van der Waals surface area contributed by atoms with Gasteiger partial charge < -0.3 is 9.64 Å². The average Bonchev–Trinajstić information content (AvgIpc) is 3.53. The number of anilines is 1. The van der Waals surface area contributed by atoms with E-state index in [4.69, 9.17) is 4.74 Å². The molecule has 2 amide bonds. The number of nitrogens with zero attached hydrogens (tertiary/aromatic N) is 3. The molecule has 1 unspecified atom stereocenters. The fourth-order valence-electron chi connectivity index (χ4n) is 4.11. The summed E-state index contributed by atoms with van der Waals surface area (Å²) in [7, 11) is 1.61. The van der Waals surface area contributed by atoms with E-state index >= 15 is 0 Å². The van der Waals surface area contributed by atoms with Gasteiger partial charge in [-0.05, 0) is 47.9 Å². The topological polar surface area (TPSA) is 84.4 Å². The molecule has 1 aliphatic heterocycles. The van der Waals surface area contributed by atoms with Crippen LogP contribution in [-0.4, -0.2) is 46.6 Å². The summed E-state index contributed by atoms with van der Waals surface area (Å²) in [6.45, 7) is 0.551. The molecule has 1 atom stereocenters. The summed E-state index contributed by atoms with van der Waals surface area (Å²) in [5.41, 5.74) is 1.45. The first-order valence-corrected chi connectivity index (χ1v) is 11.5. The highest BCUT2D eigenvalue weighted by Crippen LogP contribution is 2.30. The number of carbonyl (C=O) groups is 2. The van der Waals surface area contributed by atoms with E-state index in [0.717, 1.165) is 28.5 Å². The molecule has 2 heterocycles. The first kappa shape index (κ1) is 21.1. The van der Waals surface area contributed by atoms with Crippen molar-refractivity contribution in [2.45, 2.75) is 18.9 Å². The summed E-state index contributed by atoms with van der Waals surface area (Å²) in [5, 5.41) is 14.3. The zero-order valence-electron chi connectivity index (χ0n) is 18.0. The number of ether oxygens (including phenoxy) is 1. The quantitative estimate of drug-likeness (QED) is 0.472. The molecule has 7 nitrogen and oxygen atoms in total. The smallest absolute Gasteiger partial charge is 0.254 e. The van der Waals surface area contributed by atoms with E-state index in [1.54, 1.807) is 12.0 Å². The first-order chi connectivity index (χ1) is 16.1. The van der Waals surface area contributed by atoms with Gasteiger partial charge in [-0.2, -0.15) is 0 Å². The number of carbonyl (C=O) groups excluding carboxylic acids is 2. The number of fused-ring (bicyclic) bond motifs is 1. The molecule has 8 heteroatoms. The van der Waals surface area contributed by atoms with Crippen LogP contribution in [0.4, 0.5) is 5.13 Å². The number of methoxy groups -OCH3 is 1. The molecule has 3 aromatic carbocycles. The van der Waals surface area contributed by atoms with Gasteiger partial charge in [0.1, 0.15) is 16.8 Å². The molecule has 1 fully saturated rings. The number of hydrogen-bond acceptors (Lipinski definition) is 6. The van der Waals surface area contributed by atoms with E-state index in [9.17, 15) is 9.59 Å². The van der Waals surface area contributed by atoms with Crippen molar-refractivity contribution in [3.63, 3.8) is 0 Å². The van der Waals surface area contributed by atoms with Gasteiger partial charge in [-0.25, -0.2) is 0 Å². The normalized spacial score (nSPS) is 15.5. The lowest BCUT2D eigenvalue weighted by Gasteiger charge is -2.23. The second-order valence-electron chi connectivity index (χ2n) is 7.85. The van der Waals surface area contributed by atoms with Crippen molar-refractivity contribution in [1.29, 1.82) is 0 Å². The third kappa shape index (κ3) is 4.29. The molecule has 1 aromatic heterocycles. The standard InChI is InChI=1S/C25H22N4O3S/c1-32-20-9-4-8-18(15-20)23-27-28-25(33-23)26-22(30)21-10-5-13-29(21)24(31)19-12-11-16-6-2-3-7-17(16)14-19/h2-4,6-9,11-12,14-15,21H,5,10,13H2,1H3,(H,26,28,30). The number of aromatic nitrogens is 2. The summed E-state index contributed by atoms with van der Waals surface area (Å²) >= 11 is 1.29. The lowest BCUT2D eigenvalue weighted by Crippen LogP contribution is -2.43. The molecule has 0 radical (unpaired) electrons. The van der Waals surface area contributed by atoms with Crippen molar-refractivity contribution in [3.8, 4) is 16.3 Å². The van der Waals surface area contributed by atoms with Crippen LogP contribution in [0.1, 0.15) is 23.2 Å². The summed E-state index contributed by atoms with van der Waals surface area (Å²) in [4.78, 5) is 27.9. The van der Waals surface area contributed by atoms with Crippen LogP contribution in [-0.2, 0) is 4.79 Å². The number of rotatable bonds is 5. The Bertz CT molecular complexity index is 1340. The second-order valence-corrected chi connectivity index (χ2v) is 8.83. The third-order valence-electron chi connectivity index (χ3n) is 5.78. The van der Waals surface area contributed by atoms with Crippen LogP contribution >= 0.6 is 11.3 Å². The molecule has 4 aromatic rings. The maximum absolute atomic E-state index is 13.2. The Labute approximate surface area is 195 Å². The Morgan fingerprint density at radius 3 is 2.73 bits per heavy atom. The maximum Gasteiger partial charge on any atom is 0.254 e. The minimum absolute atomic E-state index is 0.132. The minimum Gasteiger partial charge on any atom is -0.497 e. The Hall–Kier alpha value is -3.78. The average molecular weight is 459 g/mol. The van der Waals surface area contributed by atoms with Gasteiger partial charge in [0, 0.05) is 17.7 Å². The number of benzene rings is 3. The largest absolute Gasteiger partial charge is 0.497 e. The van der Waals surface area contributed by atoms with E-state index in [2.05, 4.69) is 15.5 Å². The van der Waals surface area contributed by atoms with Gasteiger partial charge in [0.25, 0.3) is 5.91 Å². The number of amides is 2. The zero-order valence-corrected chi connectivity index (χ0v) is 18.8. The molecule has 5 rings (SSSR count). The van der Waals surface area contributed by atoms with Gasteiger partial charge in [0.05, 0.1) is 7.11 Å². The molecule has 1 aliphatic rings. The van der Waals surface area contributed by atoms with Gasteiger partial charge >= 0.3 is 0 Å². The Balaban J connectivity index is 1.31.